The molecule has 170 valence electrons. The van der Waals surface area contributed by atoms with Gasteiger partial charge in [0.05, 0.1) is 16.6 Å². The van der Waals surface area contributed by atoms with Gasteiger partial charge in [0.1, 0.15) is 0 Å². The number of carbonyl (C=O) groups excluding carboxylic acids is 1. The monoisotopic (exact) mass is 483 g/mol. The van der Waals surface area contributed by atoms with Crippen molar-refractivity contribution in [2.24, 2.45) is 7.05 Å². The third kappa shape index (κ3) is 4.57. The molecule has 1 unspecified atom stereocenters. The molecule has 11 heteroatoms. The Morgan fingerprint density at radius 3 is 2.58 bits per heavy atom. The first kappa shape index (κ1) is 22.8. The fourth-order valence-electron chi connectivity index (χ4n) is 3.37. The maximum Gasteiger partial charge on any atom is 0.297 e. The number of hydrogen-bond donors (Lipinski definition) is 1. The number of para-hydroxylation sites is 1. The molecule has 0 aliphatic heterocycles. The van der Waals surface area contributed by atoms with Crippen LogP contribution in [0.5, 0.6) is 0 Å². The van der Waals surface area contributed by atoms with Crippen LogP contribution in [-0.2, 0) is 18.4 Å². The quantitative estimate of drug-likeness (QED) is 0.406. The summed E-state index contributed by atoms with van der Waals surface area (Å²) in [6.45, 7) is 3.89. The topological polar surface area (TPSA) is 99.6 Å². The first-order chi connectivity index (χ1) is 15.9. The van der Waals surface area contributed by atoms with Crippen LogP contribution in [-0.4, -0.2) is 40.7 Å². The number of hydrogen-bond acceptors (Lipinski definition) is 6. The Morgan fingerprint density at radius 2 is 1.85 bits per heavy atom. The molecule has 0 saturated heterocycles. The van der Waals surface area contributed by atoms with Crippen molar-refractivity contribution in [3.8, 4) is 11.4 Å². The highest BCUT2D eigenvalue weighted by Gasteiger charge is 2.24. The van der Waals surface area contributed by atoms with Crippen LogP contribution in [0.4, 0.5) is 0 Å². The van der Waals surface area contributed by atoms with E-state index in [2.05, 4.69) is 20.8 Å². The van der Waals surface area contributed by atoms with Crippen molar-refractivity contribution in [1.82, 2.24) is 34.9 Å². The molecule has 9 nitrogen and oxygen atoms in total. The number of nitrogens with one attached hydrogen (secondary N) is 1. The van der Waals surface area contributed by atoms with Crippen LogP contribution in [0.15, 0.2) is 64.5 Å². The SMILES string of the molecule is Cc1c(-n2nnnc2SC(C)C(=O)NCc2ccccc2Cl)c(=O)n(-c2ccccc2)n1C. The van der Waals surface area contributed by atoms with E-state index in [4.69, 9.17) is 11.6 Å². The maximum absolute atomic E-state index is 13.3. The number of amides is 1. The zero-order chi connectivity index (χ0) is 23.5. The van der Waals surface area contributed by atoms with Crippen molar-refractivity contribution >= 4 is 29.3 Å². The molecule has 0 radical (unpaired) electrons. The normalized spacial score (nSPS) is 12.0. The Bertz CT molecular complexity index is 1350. The van der Waals surface area contributed by atoms with E-state index in [1.54, 1.807) is 29.4 Å². The Labute approximate surface area is 199 Å². The maximum atomic E-state index is 13.3. The molecule has 2 aromatic carbocycles. The Morgan fingerprint density at radius 1 is 1.15 bits per heavy atom. The van der Waals surface area contributed by atoms with E-state index in [1.165, 1.54) is 16.4 Å². The lowest BCUT2D eigenvalue weighted by molar-refractivity contribution is -0.120. The third-order valence-corrected chi connectivity index (χ3v) is 6.64. The first-order valence-electron chi connectivity index (χ1n) is 10.2. The average Bonchev–Trinajstić information content (AvgIpc) is 3.34. The molecule has 0 aliphatic rings. The summed E-state index contributed by atoms with van der Waals surface area (Å²) in [5.74, 6) is -0.194. The van der Waals surface area contributed by atoms with E-state index >= 15 is 0 Å². The number of aromatic nitrogens is 6. The van der Waals surface area contributed by atoms with Crippen molar-refractivity contribution in [3.63, 3.8) is 0 Å². The molecule has 4 aromatic rings. The Kier molecular flexibility index (Phi) is 6.66. The third-order valence-electron chi connectivity index (χ3n) is 5.24. The van der Waals surface area contributed by atoms with Gasteiger partial charge < -0.3 is 5.32 Å². The zero-order valence-corrected chi connectivity index (χ0v) is 19.8. The summed E-state index contributed by atoms with van der Waals surface area (Å²) in [5, 5.41) is 15.1. The molecule has 1 amide bonds. The Hall–Kier alpha value is -3.37. The van der Waals surface area contributed by atoms with Crippen molar-refractivity contribution in [3.05, 3.63) is 81.2 Å². The number of halogens is 1. The van der Waals surface area contributed by atoms with Gasteiger partial charge in [-0.3, -0.25) is 14.3 Å². The highest BCUT2D eigenvalue weighted by Crippen LogP contribution is 2.24. The molecule has 1 N–H and O–H groups in total. The van der Waals surface area contributed by atoms with Crippen LogP contribution in [0.2, 0.25) is 5.02 Å². The standard InChI is InChI=1S/C22H22ClN7O2S/c1-14-19(21(32)30(28(14)3)17-10-5-4-6-11-17)29-22(25-26-27-29)33-15(2)20(31)24-13-16-9-7-8-12-18(16)23/h4-12,15H,13H2,1-3H3,(H,24,31). The van der Waals surface area contributed by atoms with E-state index in [1.807, 2.05) is 55.5 Å². The first-order valence-corrected chi connectivity index (χ1v) is 11.4. The zero-order valence-electron chi connectivity index (χ0n) is 18.3. The van der Waals surface area contributed by atoms with Crippen LogP contribution in [0, 0.1) is 6.92 Å². The molecule has 4 rings (SSSR count). The van der Waals surface area contributed by atoms with Gasteiger partial charge in [-0.2, -0.15) is 4.68 Å². The molecular formula is C22H22ClN7O2S. The summed E-state index contributed by atoms with van der Waals surface area (Å²) < 4.78 is 4.70. The highest BCUT2D eigenvalue weighted by molar-refractivity contribution is 8.00. The fourth-order valence-corrected chi connectivity index (χ4v) is 4.39. The van der Waals surface area contributed by atoms with E-state index in [-0.39, 0.29) is 11.5 Å². The molecule has 0 fully saturated rings. The van der Waals surface area contributed by atoms with E-state index in [0.717, 1.165) is 11.3 Å². The second kappa shape index (κ2) is 9.63. The van der Waals surface area contributed by atoms with Crippen molar-refractivity contribution in [2.75, 3.05) is 0 Å². The van der Waals surface area contributed by atoms with Gasteiger partial charge in [-0.1, -0.05) is 59.8 Å². The van der Waals surface area contributed by atoms with Crippen molar-refractivity contribution in [1.29, 1.82) is 0 Å². The number of tetrazole rings is 1. The lowest BCUT2D eigenvalue weighted by atomic mass is 10.2. The number of thioether (sulfide) groups is 1. The van der Waals surface area contributed by atoms with Crippen LogP contribution in [0.3, 0.4) is 0 Å². The van der Waals surface area contributed by atoms with Crippen LogP contribution in [0.25, 0.3) is 11.4 Å². The van der Waals surface area contributed by atoms with Crippen LogP contribution in [0.1, 0.15) is 18.2 Å². The predicted molar refractivity (Wildman–Crippen MR) is 127 cm³/mol. The number of nitrogens with zero attached hydrogens (tertiary/aromatic N) is 6. The summed E-state index contributed by atoms with van der Waals surface area (Å²) in [7, 11) is 1.80. The van der Waals surface area contributed by atoms with Crippen molar-refractivity contribution < 1.29 is 4.79 Å². The molecule has 0 bridgehead atoms. The number of benzene rings is 2. The smallest absolute Gasteiger partial charge is 0.297 e. The van der Waals surface area contributed by atoms with Crippen LogP contribution < -0.4 is 10.9 Å². The second-order valence-corrected chi connectivity index (χ2v) is 9.07. The lowest BCUT2D eigenvalue weighted by Gasteiger charge is -2.12. The van der Waals surface area contributed by atoms with Crippen LogP contribution >= 0.6 is 23.4 Å². The fraction of sp³-hybridized carbons (Fsp3) is 0.227. The van der Waals surface area contributed by atoms with Gasteiger partial charge >= 0.3 is 0 Å². The van der Waals surface area contributed by atoms with Crippen molar-refractivity contribution in [2.45, 2.75) is 30.8 Å². The van der Waals surface area contributed by atoms with Gasteiger partial charge in [0.2, 0.25) is 11.1 Å². The number of rotatable bonds is 7. The van der Waals surface area contributed by atoms with Gasteiger partial charge in [-0.25, -0.2) is 4.68 Å². The van der Waals surface area contributed by atoms with Gasteiger partial charge in [-0.15, -0.1) is 5.10 Å². The molecular weight excluding hydrogens is 462 g/mol. The molecule has 0 saturated carbocycles. The summed E-state index contributed by atoms with van der Waals surface area (Å²) in [6.07, 6.45) is 0. The molecule has 0 aliphatic carbocycles. The highest BCUT2D eigenvalue weighted by atomic mass is 35.5. The molecule has 0 spiro atoms. The lowest BCUT2D eigenvalue weighted by Crippen LogP contribution is -2.30. The Balaban J connectivity index is 1.56. The molecule has 1 atom stereocenters. The minimum atomic E-state index is -0.502. The van der Waals surface area contributed by atoms with Gasteiger partial charge in [0, 0.05) is 18.6 Å². The van der Waals surface area contributed by atoms with Gasteiger partial charge in [-0.05, 0) is 48.0 Å². The summed E-state index contributed by atoms with van der Waals surface area (Å²) in [6, 6.07) is 16.7. The van der Waals surface area contributed by atoms with Gasteiger partial charge in [0.15, 0.2) is 5.69 Å². The average molecular weight is 484 g/mol. The van der Waals surface area contributed by atoms with Gasteiger partial charge in [0.25, 0.3) is 5.56 Å². The van der Waals surface area contributed by atoms with E-state index in [9.17, 15) is 9.59 Å². The molecule has 2 aromatic heterocycles. The minimum absolute atomic E-state index is 0.194. The predicted octanol–water partition coefficient (Wildman–Crippen LogP) is 2.91. The van der Waals surface area contributed by atoms with E-state index < -0.39 is 5.25 Å². The second-order valence-electron chi connectivity index (χ2n) is 7.35. The van der Waals surface area contributed by atoms with E-state index in [0.29, 0.717) is 28.1 Å². The summed E-state index contributed by atoms with van der Waals surface area (Å²) >= 11 is 7.33. The molecule has 2 heterocycles. The summed E-state index contributed by atoms with van der Waals surface area (Å²) in [4.78, 5) is 26.0. The number of carbonyl (C=O) groups is 1. The minimum Gasteiger partial charge on any atom is -0.351 e. The summed E-state index contributed by atoms with van der Waals surface area (Å²) in [5.41, 5.74) is 2.32. The largest absolute Gasteiger partial charge is 0.351 e. The molecule has 33 heavy (non-hydrogen) atoms.